The van der Waals surface area contributed by atoms with Crippen LogP contribution < -0.4 is 15.5 Å². The number of nitrogens with one attached hydrogen (secondary N) is 2. The quantitative estimate of drug-likeness (QED) is 0.107. The highest BCUT2D eigenvalue weighted by atomic mass is 32.1. The minimum Gasteiger partial charge on any atom is -0.462 e. The molecule has 0 saturated heterocycles. The van der Waals surface area contributed by atoms with Crippen molar-refractivity contribution in [1.29, 1.82) is 0 Å². The van der Waals surface area contributed by atoms with Gasteiger partial charge in [0.25, 0.3) is 5.69 Å². The molecule has 13 heteroatoms. The smallest absolute Gasteiger partial charge is 0.343 e. The van der Waals surface area contributed by atoms with E-state index in [1.165, 1.54) is 53.9 Å². The van der Waals surface area contributed by atoms with Crippen LogP contribution in [-0.4, -0.2) is 41.5 Å². The summed E-state index contributed by atoms with van der Waals surface area (Å²) in [7, 11) is 0. The molecule has 0 unspecified atom stereocenters. The monoisotopic (exact) mass is 550 g/mol. The Morgan fingerprint density at radius 1 is 1.03 bits per heavy atom. The third-order valence-corrected chi connectivity index (χ3v) is 6.83. The van der Waals surface area contributed by atoms with Crippen LogP contribution in [0, 0.1) is 10.1 Å². The number of esters is 2. The zero-order chi connectivity index (χ0) is 27.9. The van der Waals surface area contributed by atoms with Crippen LogP contribution in [0.2, 0.25) is 0 Å². The van der Waals surface area contributed by atoms with E-state index >= 15 is 0 Å². The maximum absolute atomic E-state index is 12.4. The molecule has 0 atom stereocenters. The number of hydrogen-bond donors (Lipinski definition) is 2. The van der Waals surface area contributed by atoms with Gasteiger partial charge in [0.1, 0.15) is 10.8 Å². The first kappa shape index (κ1) is 27.1. The summed E-state index contributed by atoms with van der Waals surface area (Å²) in [6.07, 6.45) is 3.71. The number of benzene rings is 2. The molecule has 0 aliphatic heterocycles. The van der Waals surface area contributed by atoms with Crippen LogP contribution in [0.5, 0.6) is 5.75 Å². The molecule has 3 aromatic rings. The average molecular weight is 551 g/mol. The fourth-order valence-electron chi connectivity index (χ4n) is 3.79. The molecule has 1 aliphatic rings. The van der Waals surface area contributed by atoms with E-state index in [1.807, 2.05) is 0 Å². The molecule has 4 rings (SSSR count). The Bertz CT molecular complexity index is 1460. The van der Waals surface area contributed by atoms with E-state index in [1.54, 1.807) is 19.1 Å². The molecule has 1 heterocycles. The van der Waals surface area contributed by atoms with Gasteiger partial charge in [0, 0.05) is 17.0 Å². The number of rotatable bonds is 8. The lowest BCUT2D eigenvalue weighted by atomic mass is 10.1. The Morgan fingerprint density at radius 3 is 2.41 bits per heavy atom. The first-order valence-electron chi connectivity index (χ1n) is 11.8. The number of nitrogens with zero attached hydrogens (tertiary/aromatic N) is 2. The molecule has 0 bridgehead atoms. The number of nitro groups is 1. The summed E-state index contributed by atoms with van der Waals surface area (Å²) < 4.78 is 10.4. The van der Waals surface area contributed by atoms with E-state index in [2.05, 4.69) is 15.8 Å². The van der Waals surface area contributed by atoms with E-state index in [0.717, 1.165) is 23.3 Å². The summed E-state index contributed by atoms with van der Waals surface area (Å²) in [5, 5.41) is 17.3. The van der Waals surface area contributed by atoms with Crippen molar-refractivity contribution in [3.05, 3.63) is 85.8 Å². The van der Waals surface area contributed by atoms with Crippen molar-refractivity contribution >= 4 is 52.0 Å². The van der Waals surface area contributed by atoms with E-state index in [0.29, 0.717) is 17.5 Å². The summed E-state index contributed by atoms with van der Waals surface area (Å²) in [5.74, 6) is -3.01. The fraction of sp³-hybridized carbons (Fsp3) is 0.192. The zero-order valence-corrected chi connectivity index (χ0v) is 21.4. The van der Waals surface area contributed by atoms with E-state index in [-0.39, 0.29) is 28.6 Å². The molecule has 39 heavy (non-hydrogen) atoms. The van der Waals surface area contributed by atoms with Gasteiger partial charge in [0.2, 0.25) is 0 Å². The molecule has 0 spiro atoms. The second-order valence-corrected chi connectivity index (χ2v) is 9.30. The average Bonchev–Trinajstić information content (AvgIpc) is 3.50. The maximum Gasteiger partial charge on any atom is 0.343 e. The van der Waals surface area contributed by atoms with E-state index < -0.39 is 28.7 Å². The third-order valence-electron chi connectivity index (χ3n) is 5.62. The van der Waals surface area contributed by atoms with Crippen LogP contribution in [-0.2, 0) is 27.2 Å². The summed E-state index contributed by atoms with van der Waals surface area (Å²) in [6, 6.07) is 11.1. The molecule has 1 aromatic heterocycles. The van der Waals surface area contributed by atoms with Gasteiger partial charge in [0.05, 0.1) is 28.9 Å². The topological polar surface area (TPSA) is 166 Å². The predicted molar refractivity (Wildman–Crippen MR) is 141 cm³/mol. The number of non-ortho nitro benzene ring substituents is 1. The van der Waals surface area contributed by atoms with Gasteiger partial charge in [-0.05, 0) is 73.7 Å². The first-order valence-corrected chi connectivity index (χ1v) is 12.6. The van der Waals surface area contributed by atoms with Crippen LogP contribution in [0.1, 0.15) is 50.1 Å². The Balaban J connectivity index is 1.31. The summed E-state index contributed by atoms with van der Waals surface area (Å²) in [6.45, 7) is 1.88. The Labute approximate surface area is 225 Å². The number of carbonyl (C=O) groups is 4. The number of carbonyl (C=O) groups excluding carboxylic acids is 4. The normalized spacial score (nSPS) is 12.0. The lowest BCUT2D eigenvalue weighted by Gasteiger charge is -2.07. The van der Waals surface area contributed by atoms with Gasteiger partial charge in [-0.15, -0.1) is 11.3 Å². The van der Waals surface area contributed by atoms with Crippen LogP contribution in [0.4, 0.5) is 10.7 Å². The summed E-state index contributed by atoms with van der Waals surface area (Å²) >= 11 is 1.26. The van der Waals surface area contributed by atoms with Crippen LogP contribution in [0.3, 0.4) is 0 Å². The van der Waals surface area contributed by atoms with Gasteiger partial charge in [-0.1, -0.05) is 0 Å². The molecule has 2 N–H and O–H groups in total. The van der Waals surface area contributed by atoms with Crippen molar-refractivity contribution < 1.29 is 33.6 Å². The number of aryl methyl sites for hydroxylation is 1. The van der Waals surface area contributed by atoms with Crippen molar-refractivity contribution in [2.24, 2.45) is 5.10 Å². The van der Waals surface area contributed by atoms with Gasteiger partial charge < -0.3 is 14.8 Å². The zero-order valence-electron chi connectivity index (χ0n) is 20.6. The minimum atomic E-state index is -1.02. The Morgan fingerprint density at radius 2 is 1.74 bits per heavy atom. The van der Waals surface area contributed by atoms with Gasteiger partial charge in [0.15, 0.2) is 0 Å². The van der Waals surface area contributed by atoms with Crippen LogP contribution in [0.25, 0.3) is 0 Å². The standard InChI is InChI=1S/C26H22N4O8S/c1-2-37-26(34)21-19-4-3-5-20(19)39-24(21)28-22(31)23(32)29-27-14-15-6-12-18(13-7-15)38-25(33)16-8-10-17(11-9-16)30(35)36/h6-14H,2-5H2,1H3,(H,28,31)(H,29,32)/b27-14+. The molecule has 0 radical (unpaired) electrons. The maximum atomic E-state index is 12.4. The molecular formula is C26H22N4O8S. The molecule has 2 amide bonds. The lowest BCUT2D eigenvalue weighted by molar-refractivity contribution is -0.384. The number of hydrazone groups is 1. The lowest BCUT2D eigenvalue weighted by Crippen LogP contribution is -2.32. The highest BCUT2D eigenvalue weighted by Gasteiger charge is 2.29. The summed E-state index contributed by atoms with van der Waals surface area (Å²) in [5.41, 5.74) is 3.82. The number of ether oxygens (including phenoxy) is 2. The number of fused-ring (bicyclic) bond motifs is 1. The molecule has 0 saturated carbocycles. The van der Waals surface area contributed by atoms with Crippen molar-refractivity contribution in [3.63, 3.8) is 0 Å². The summed E-state index contributed by atoms with van der Waals surface area (Å²) in [4.78, 5) is 60.4. The number of hydrogen-bond acceptors (Lipinski definition) is 10. The number of amides is 2. The molecular weight excluding hydrogens is 528 g/mol. The highest BCUT2D eigenvalue weighted by Crippen LogP contribution is 2.39. The van der Waals surface area contributed by atoms with Gasteiger partial charge in [-0.25, -0.2) is 15.0 Å². The molecule has 1 aliphatic carbocycles. The van der Waals surface area contributed by atoms with Gasteiger partial charge in [-0.3, -0.25) is 19.7 Å². The Kier molecular flexibility index (Phi) is 8.41. The van der Waals surface area contributed by atoms with Crippen molar-refractivity contribution in [1.82, 2.24) is 5.43 Å². The number of anilines is 1. The highest BCUT2D eigenvalue weighted by molar-refractivity contribution is 7.17. The molecule has 2 aromatic carbocycles. The van der Waals surface area contributed by atoms with Gasteiger partial charge >= 0.3 is 23.8 Å². The van der Waals surface area contributed by atoms with Crippen LogP contribution >= 0.6 is 11.3 Å². The fourth-order valence-corrected chi connectivity index (χ4v) is 5.07. The minimum absolute atomic E-state index is 0.143. The molecule has 200 valence electrons. The third kappa shape index (κ3) is 6.51. The first-order chi connectivity index (χ1) is 18.8. The number of nitro benzene ring substituents is 1. The predicted octanol–water partition coefficient (Wildman–Crippen LogP) is 3.63. The van der Waals surface area contributed by atoms with Crippen molar-refractivity contribution in [3.8, 4) is 5.75 Å². The van der Waals surface area contributed by atoms with Crippen LogP contribution in [0.15, 0.2) is 53.6 Å². The second-order valence-electron chi connectivity index (χ2n) is 8.20. The molecule has 12 nitrogen and oxygen atoms in total. The SMILES string of the molecule is CCOC(=O)c1c(NC(=O)C(=O)N/N=C/c2ccc(OC(=O)c3ccc([N+](=O)[O-])cc3)cc2)sc2c1CCC2. The van der Waals surface area contributed by atoms with Gasteiger partial charge in [-0.2, -0.15) is 5.10 Å². The largest absolute Gasteiger partial charge is 0.462 e. The Hall–Kier alpha value is -4.91. The number of thiophene rings is 1. The van der Waals surface area contributed by atoms with E-state index in [4.69, 9.17) is 9.47 Å². The molecule has 0 fully saturated rings. The van der Waals surface area contributed by atoms with Crippen molar-refractivity contribution in [2.75, 3.05) is 11.9 Å². The van der Waals surface area contributed by atoms with Crippen molar-refractivity contribution in [2.45, 2.75) is 26.2 Å². The van der Waals surface area contributed by atoms with E-state index in [9.17, 15) is 29.3 Å². The second kappa shape index (κ2) is 12.1.